The maximum absolute atomic E-state index is 13.4. The van der Waals surface area contributed by atoms with Gasteiger partial charge in [0.1, 0.15) is 0 Å². The summed E-state index contributed by atoms with van der Waals surface area (Å²) in [6, 6.07) is 82.4. The minimum Gasteiger partial charge on any atom is -0.397 e. The van der Waals surface area contributed by atoms with Gasteiger partial charge in [-0.2, -0.15) is 0 Å². The fraction of sp³-hybridized carbons (Fsp3) is 0.113. The van der Waals surface area contributed by atoms with Gasteiger partial charge in [-0.05, 0) is 177 Å². The maximum atomic E-state index is 13.4. The molecule has 4 aliphatic rings. The fourth-order valence-electron chi connectivity index (χ4n) is 12.9. The molecule has 2 aromatic heterocycles. The van der Waals surface area contributed by atoms with Crippen LogP contribution in [0.1, 0.15) is 119 Å². The van der Waals surface area contributed by atoms with E-state index in [-0.39, 0.29) is 61.0 Å². The van der Waals surface area contributed by atoms with E-state index in [0.717, 1.165) is 71.7 Å². The number of aliphatic hydroxyl groups is 1. The van der Waals surface area contributed by atoms with Crippen LogP contribution in [0.25, 0.3) is 48.5 Å². The zero-order valence-corrected chi connectivity index (χ0v) is 52.6. The average Bonchev–Trinajstić information content (AvgIpc) is 1.59. The Kier molecular flexibility index (Phi) is 16.8. The van der Waals surface area contributed by atoms with E-state index in [2.05, 4.69) is 183 Å². The molecule has 1 N–H and O–H groups in total. The molecular weight excluding hydrogens is 1160 g/mol. The van der Waals surface area contributed by atoms with Crippen LogP contribution in [0.15, 0.2) is 248 Å². The van der Waals surface area contributed by atoms with Gasteiger partial charge in [-0.25, -0.2) is 0 Å². The molecule has 8 nitrogen and oxygen atoms in total. The normalized spacial score (nSPS) is 13.8. The number of fused-ring (bicyclic) bond motifs is 10. The summed E-state index contributed by atoms with van der Waals surface area (Å²) >= 11 is 3.24. The molecule has 2 heterocycles. The number of nitrogens with zero attached hydrogens (tertiary/aromatic N) is 2. The smallest absolute Gasteiger partial charge is 0.197 e. The minimum atomic E-state index is -0.239. The second-order valence-electron chi connectivity index (χ2n) is 23.7. The molecule has 16 rings (SSSR count). The van der Waals surface area contributed by atoms with Crippen LogP contribution in [0.3, 0.4) is 0 Å². The summed E-state index contributed by atoms with van der Waals surface area (Å²) in [5.41, 5.74) is 16.3. The summed E-state index contributed by atoms with van der Waals surface area (Å²) in [5, 5.41) is 11.5. The first-order chi connectivity index (χ1) is 43.7. The zero-order valence-electron chi connectivity index (χ0n) is 50.9. The number of benzene rings is 10. The Morgan fingerprint density at radius 2 is 0.714 bits per heavy atom. The van der Waals surface area contributed by atoms with Crippen LogP contribution in [0.2, 0.25) is 0 Å². The number of carbonyl (C=O) groups is 5. The number of anilines is 6. The van der Waals surface area contributed by atoms with Crippen LogP contribution >= 0.6 is 22.7 Å². The third-order valence-electron chi connectivity index (χ3n) is 17.3. The van der Waals surface area contributed by atoms with Crippen LogP contribution in [0, 0.1) is 0 Å². The zero-order chi connectivity index (χ0) is 62.4. The molecule has 443 valence electrons. The van der Waals surface area contributed by atoms with Crippen molar-refractivity contribution in [1.29, 1.82) is 0 Å². The third kappa shape index (κ3) is 11.2. The molecular formula is C80H62BN2O6S2. The van der Waals surface area contributed by atoms with E-state index in [4.69, 9.17) is 5.11 Å². The number of aldehydes is 1. The van der Waals surface area contributed by atoms with Crippen molar-refractivity contribution in [2.75, 3.05) is 16.4 Å². The number of ketones is 4. The van der Waals surface area contributed by atoms with E-state index in [0.29, 0.717) is 22.3 Å². The lowest BCUT2D eigenvalue weighted by Gasteiger charge is -2.28. The van der Waals surface area contributed by atoms with Gasteiger partial charge in [0.15, 0.2) is 29.4 Å². The minimum absolute atomic E-state index is 0. The summed E-state index contributed by atoms with van der Waals surface area (Å²) in [6.07, 6.45) is 2.79. The molecule has 0 bridgehead atoms. The standard InChI is InChI=1S/C39H27NO2S.C26H21NOS.C13H8O2.C2H6O.B/c1-39(2)34-21-28(40(26-13-5-3-6-14-26)27-15-7-4-8-16-27)17-18-30(34)38-35(39)23-29(43-38)22-33-36(41)31-19-24-11-9-10-12-25(24)20-32(31)37(33)42;1-26(2)23-15-20(13-14-22(23)25-24(26)16-21(17-28)29-25)27(18-9-5-3-6-10-18)19-11-7-4-8-12-19;14-12-7-13(15)11-6-9-4-2-1-3-8(9)5-10(11)12;1-2-3;/h3-23H,1-2H3;3-17H,1-2H3;1-6H,7H2;3H,2H2,1H3;. The number of carbonyl (C=O) groups excluding carboxylic acids is 5. The van der Waals surface area contributed by atoms with Gasteiger partial charge in [-0.1, -0.05) is 161 Å². The number of aliphatic hydroxyl groups excluding tert-OH is 1. The van der Waals surface area contributed by atoms with Crippen LogP contribution in [-0.2, 0) is 10.8 Å². The van der Waals surface area contributed by atoms with Gasteiger partial charge in [0.25, 0.3) is 0 Å². The molecule has 0 fully saturated rings. The molecule has 10 aromatic carbocycles. The average molecular weight is 1220 g/mol. The SMILES string of the molecule is CC1(C)c2cc(N(c3ccccc3)c3ccccc3)ccc2-c2sc(C=C3C(=O)c4cc5ccccc5cc4C3=O)cc21.CC1(C)c2cc(N(c3ccccc3)c3ccccc3)ccc2-c2sc(C=O)cc21.CCO.O=C1CC(=O)c2cc3ccccc3cc21.[B]. The highest BCUT2D eigenvalue weighted by atomic mass is 32.1. The predicted molar refractivity (Wildman–Crippen MR) is 375 cm³/mol. The predicted octanol–water partition coefficient (Wildman–Crippen LogP) is 19.7. The van der Waals surface area contributed by atoms with Crippen molar-refractivity contribution in [1.82, 2.24) is 0 Å². The fourth-order valence-corrected chi connectivity index (χ4v) is 15.3. The first kappa shape index (κ1) is 61.1. The molecule has 0 saturated heterocycles. The maximum Gasteiger partial charge on any atom is 0.197 e. The molecule has 0 atom stereocenters. The van der Waals surface area contributed by atoms with E-state index < -0.39 is 0 Å². The van der Waals surface area contributed by atoms with E-state index in [1.165, 1.54) is 43.1 Å². The summed E-state index contributed by atoms with van der Waals surface area (Å²) in [4.78, 5) is 69.8. The van der Waals surface area contributed by atoms with Gasteiger partial charge in [0, 0.05) is 96.9 Å². The second-order valence-corrected chi connectivity index (χ2v) is 25.8. The highest BCUT2D eigenvalue weighted by Gasteiger charge is 2.40. The second kappa shape index (κ2) is 25.0. The molecule has 0 amide bonds. The Morgan fingerprint density at radius 3 is 1.07 bits per heavy atom. The van der Waals surface area contributed by atoms with E-state index >= 15 is 0 Å². The van der Waals surface area contributed by atoms with E-state index in [9.17, 15) is 24.0 Å². The largest absolute Gasteiger partial charge is 0.397 e. The molecule has 4 aliphatic carbocycles. The topological polar surface area (TPSA) is 112 Å². The lowest BCUT2D eigenvalue weighted by Crippen LogP contribution is -2.16. The Balaban J connectivity index is 0.000000143. The number of Topliss-reactive ketones (excluding diaryl/α,β-unsaturated/α-hetero) is 4. The lowest BCUT2D eigenvalue weighted by atomic mass is 9.82. The lowest BCUT2D eigenvalue weighted by molar-refractivity contribution is 0.0919. The monoisotopic (exact) mass is 1220 g/mol. The highest BCUT2D eigenvalue weighted by Crippen LogP contribution is 2.56. The quantitative estimate of drug-likeness (QED) is 0.0526. The Bertz CT molecular complexity index is 4670. The number of hydrogen-bond donors (Lipinski definition) is 1. The molecule has 12 aromatic rings. The number of para-hydroxylation sites is 4. The first-order valence-electron chi connectivity index (χ1n) is 30.0. The Morgan fingerprint density at radius 1 is 0.396 bits per heavy atom. The van der Waals surface area contributed by atoms with E-state index in [1.807, 2.05) is 97.1 Å². The Labute approximate surface area is 539 Å². The van der Waals surface area contributed by atoms with Crippen LogP contribution in [0.5, 0.6) is 0 Å². The van der Waals surface area contributed by atoms with Crippen molar-refractivity contribution in [3.8, 4) is 20.9 Å². The van der Waals surface area contributed by atoms with Gasteiger partial charge < -0.3 is 14.9 Å². The molecule has 0 aliphatic heterocycles. The van der Waals surface area contributed by atoms with Crippen LogP contribution in [0.4, 0.5) is 34.1 Å². The third-order valence-corrected chi connectivity index (χ3v) is 19.5. The summed E-state index contributed by atoms with van der Waals surface area (Å²) in [6.45, 7) is 10.9. The van der Waals surface area contributed by atoms with Crippen molar-refractivity contribution in [2.45, 2.75) is 51.9 Å². The number of allylic oxidation sites excluding steroid dienone is 1. The number of hydrogen-bond acceptors (Lipinski definition) is 10. The van der Waals surface area contributed by atoms with Gasteiger partial charge in [0.2, 0.25) is 0 Å². The molecule has 0 unspecified atom stereocenters. The van der Waals surface area contributed by atoms with Gasteiger partial charge in [-0.3, -0.25) is 24.0 Å². The molecule has 11 heteroatoms. The summed E-state index contributed by atoms with van der Waals surface area (Å²) < 4.78 is 0. The molecule has 0 spiro atoms. The van der Waals surface area contributed by atoms with Gasteiger partial charge in [0.05, 0.1) is 16.9 Å². The van der Waals surface area contributed by atoms with Gasteiger partial charge >= 0.3 is 0 Å². The number of thiophene rings is 2. The van der Waals surface area contributed by atoms with Gasteiger partial charge in [-0.15, -0.1) is 22.7 Å². The molecule has 91 heavy (non-hydrogen) atoms. The summed E-state index contributed by atoms with van der Waals surface area (Å²) in [5.74, 6) is -0.488. The molecule has 3 radical (unpaired) electrons. The van der Waals surface area contributed by atoms with Crippen molar-refractivity contribution in [3.05, 3.63) is 302 Å². The van der Waals surface area contributed by atoms with Crippen molar-refractivity contribution in [2.24, 2.45) is 0 Å². The first-order valence-corrected chi connectivity index (χ1v) is 31.7. The van der Waals surface area contributed by atoms with Crippen molar-refractivity contribution >= 4 is 122 Å². The van der Waals surface area contributed by atoms with Crippen LogP contribution < -0.4 is 9.80 Å². The summed E-state index contributed by atoms with van der Waals surface area (Å²) in [7, 11) is 0. The van der Waals surface area contributed by atoms with E-state index in [1.54, 1.807) is 35.7 Å². The number of rotatable bonds is 8. The molecule has 0 saturated carbocycles. The van der Waals surface area contributed by atoms with Crippen molar-refractivity contribution < 1.29 is 29.1 Å². The van der Waals surface area contributed by atoms with Crippen LogP contribution in [-0.4, -0.2) is 49.5 Å². The van der Waals surface area contributed by atoms with Crippen molar-refractivity contribution in [3.63, 3.8) is 0 Å². The Hall–Kier alpha value is -10.2. The highest BCUT2D eigenvalue weighted by molar-refractivity contribution is 7.17.